The summed E-state index contributed by atoms with van der Waals surface area (Å²) < 4.78 is 69.7. The van der Waals surface area contributed by atoms with Crippen LogP contribution in [0.5, 0.6) is 0 Å². The number of rotatable bonds is 7. The molecule has 0 saturated heterocycles. The highest BCUT2D eigenvalue weighted by Gasteiger charge is 2.47. The van der Waals surface area contributed by atoms with Crippen molar-refractivity contribution < 1.29 is 40.7 Å². The summed E-state index contributed by atoms with van der Waals surface area (Å²) in [5.74, 6) is -1.70. The summed E-state index contributed by atoms with van der Waals surface area (Å²) in [5.41, 5.74) is -4.69. The summed E-state index contributed by atoms with van der Waals surface area (Å²) in [6.07, 6.45) is -0.193. The fourth-order valence-electron chi connectivity index (χ4n) is 1.86. The third kappa shape index (κ3) is 5.71. The van der Waals surface area contributed by atoms with Crippen molar-refractivity contribution in [2.45, 2.75) is 24.4 Å². The van der Waals surface area contributed by atoms with E-state index in [1.807, 2.05) is 0 Å². The van der Waals surface area contributed by atoms with E-state index in [0.29, 0.717) is 5.56 Å². The highest BCUT2D eigenvalue weighted by Crippen LogP contribution is 2.22. The smallest absolute Gasteiger partial charge is 0.468 e. The van der Waals surface area contributed by atoms with Gasteiger partial charge >= 0.3 is 27.5 Å². The van der Waals surface area contributed by atoms with Crippen molar-refractivity contribution in [3.8, 4) is 0 Å². The molecule has 7 nitrogen and oxygen atoms in total. The minimum atomic E-state index is -5.69. The maximum atomic E-state index is 12.4. The molecule has 0 radical (unpaired) electrons. The van der Waals surface area contributed by atoms with E-state index in [1.165, 1.54) is 36.1 Å². The molecule has 25 heavy (non-hydrogen) atoms. The number of benzene rings is 1. The van der Waals surface area contributed by atoms with Crippen LogP contribution in [0.15, 0.2) is 24.3 Å². The second kappa shape index (κ2) is 8.30. The molecule has 1 N–H and O–H groups in total. The Morgan fingerprint density at radius 2 is 1.68 bits per heavy atom. The molecule has 0 aromatic heterocycles. The molecule has 1 aromatic carbocycles. The Kier molecular flexibility index (Phi) is 6.94. The molecule has 0 heterocycles. The summed E-state index contributed by atoms with van der Waals surface area (Å²) in [7, 11) is -3.54. The third-order valence-corrected chi connectivity index (χ3v) is 4.39. The van der Waals surface area contributed by atoms with Gasteiger partial charge in [-0.2, -0.15) is 17.9 Å². The van der Waals surface area contributed by atoms with Crippen LogP contribution in [0, 0.1) is 0 Å². The Labute approximate surface area is 142 Å². The van der Waals surface area contributed by atoms with E-state index >= 15 is 0 Å². The van der Waals surface area contributed by atoms with Crippen molar-refractivity contribution in [3.63, 3.8) is 0 Å². The predicted molar refractivity (Wildman–Crippen MR) is 80.0 cm³/mol. The number of nitrogens with one attached hydrogen (secondary N) is 1. The van der Waals surface area contributed by atoms with Gasteiger partial charge in [-0.3, -0.25) is 4.79 Å². The van der Waals surface area contributed by atoms with Gasteiger partial charge in [0, 0.05) is 0 Å². The van der Waals surface area contributed by atoms with Crippen LogP contribution in [0.25, 0.3) is 0 Å². The SMILES string of the molecule is COC(=O)c1ccc(CC[C@@H](NS(=O)(=O)C(F)(F)F)C(=O)OC)cc1. The molecule has 1 rings (SSSR count). The summed E-state index contributed by atoms with van der Waals surface area (Å²) >= 11 is 0. The van der Waals surface area contributed by atoms with E-state index in [4.69, 9.17) is 0 Å². The standard InChI is InChI=1S/C14H16F3NO6S/c1-23-12(19)10-6-3-9(4-7-10)5-8-11(13(20)24-2)18-25(21,22)14(15,16)17/h3-4,6-7,11,18H,5,8H2,1-2H3/t11-/m1/s1. The monoisotopic (exact) mass is 383 g/mol. The zero-order valence-corrected chi connectivity index (χ0v) is 14.1. The van der Waals surface area contributed by atoms with Gasteiger partial charge in [0.1, 0.15) is 6.04 Å². The third-order valence-electron chi connectivity index (χ3n) is 3.18. The highest BCUT2D eigenvalue weighted by molar-refractivity contribution is 7.90. The van der Waals surface area contributed by atoms with E-state index in [2.05, 4.69) is 9.47 Å². The van der Waals surface area contributed by atoms with Crippen molar-refractivity contribution in [1.82, 2.24) is 4.72 Å². The molecule has 0 amide bonds. The van der Waals surface area contributed by atoms with Gasteiger partial charge in [-0.25, -0.2) is 13.2 Å². The van der Waals surface area contributed by atoms with Crippen LogP contribution in [0.3, 0.4) is 0 Å². The number of carbonyl (C=O) groups excluding carboxylic acids is 2. The van der Waals surface area contributed by atoms with Crippen molar-refractivity contribution in [2.75, 3.05) is 14.2 Å². The quantitative estimate of drug-likeness (QED) is 0.715. The van der Waals surface area contributed by atoms with E-state index in [9.17, 15) is 31.2 Å². The number of carbonyl (C=O) groups is 2. The Morgan fingerprint density at radius 3 is 2.12 bits per heavy atom. The number of aryl methyl sites for hydroxylation is 1. The lowest BCUT2D eigenvalue weighted by Crippen LogP contribution is -2.47. The van der Waals surface area contributed by atoms with Crippen molar-refractivity contribution in [3.05, 3.63) is 35.4 Å². The first-order valence-electron chi connectivity index (χ1n) is 6.85. The molecule has 0 spiro atoms. The largest absolute Gasteiger partial charge is 0.511 e. The second-order valence-electron chi connectivity index (χ2n) is 4.87. The van der Waals surface area contributed by atoms with Crippen LogP contribution in [0.4, 0.5) is 13.2 Å². The molecular formula is C14H16F3NO6S. The molecule has 0 aliphatic rings. The topological polar surface area (TPSA) is 98.8 Å². The Bertz CT molecular complexity index is 715. The number of alkyl halides is 3. The Hall–Kier alpha value is -2.14. The van der Waals surface area contributed by atoms with Crippen LogP contribution in [0.1, 0.15) is 22.3 Å². The molecule has 0 saturated carbocycles. The van der Waals surface area contributed by atoms with E-state index in [-0.39, 0.29) is 18.4 Å². The maximum absolute atomic E-state index is 12.4. The minimum Gasteiger partial charge on any atom is -0.468 e. The Morgan fingerprint density at radius 1 is 1.12 bits per heavy atom. The van der Waals surface area contributed by atoms with Crippen molar-refractivity contribution >= 4 is 22.0 Å². The molecule has 1 atom stereocenters. The Balaban J connectivity index is 2.84. The van der Waals surface area contributed by atoms with Gasteiger partial charge in [-0.15, -0.1) is 0 Å². The molecule has 11 heteroatoms. The van der Waals surface area contributed by atoms with Crippen LogP contribution >= 0.6 is 0 Å². The van der Waals surface area contributed by atoms with Gasteiger partial charge in [-0.05, 0) is 30.5 Å². The number of methoxy groups -OCH3 is 2. The molecule has 0 fully saturated rings. The highest BCUT2D eigenvalue weighted by atomic mass is 32.2. The first-order valence-corrected chi connectivity index (χ1v) is 8.34. The van der Waals surface area contributed by atoms with Gasteiger partial charge in [0.15, 0.2) is 0 Å². The number of ether oxygens (including phenoxy) is 2. The minimum absolute atomic E-state index is 0.0710. The van der Waals surface area contributed by atoms with Gasteiger partial charge in [0.25, 0.3) is 0 Å². The molecule has 140 valence electrons. The first-order chi connectivity index (χ1) is 11.5. The number of halogens is 3. The first kappa shape index (κ1) is 20.9. The van der Waals surface area contributed by atoms with Gasteiger partial charge in [0.05, 0.1) is 19.8 Å². The fraction of sp³-hybridized carbons (Fsp3) is 0.429. The average molecular weight is 383 g/mol. The summed E-state index contributed by atoms with van der Waals surface area (Å²) in [4.78, 5) is 22.8. The van der Waals surface area contributed by atoms with Crippen LogP contribution in [0.2, 0.25) is 0 Å². The molecule has 0 aliphatic carbocycles. The summed E-state index contributed by atoms with van der Waals surface area (Å²) in [6.45, 7) is 0. The number of sulfonamides is 1. The fourth-order valence-corrected chi connectivity index (χ4v) is 2.58. The van der Waals surface area contributed by atoms with Crippen LogP contribution in [-0.2, 0) is 30.7 Å². The van der Waals surface area contributed by atoms with Crippen LogP contribution < -0.4 is 4.72 Å². The molecule has 1 aromatic rings. The number of hydrogen-bond donors (Lipinski definition) is 1. The lowest BCUT2D eigenvalue weighted by Gasteiger charge is -2.17. The normalized spacial score (nSPS) is 13.2. The number of hydrogen-bond acceptors (Lipinski definition) is 6. The van der Waals surface area contributed by atoms with E-state index < -0.39 is 33.5 Å². The zero-order valence-electron chi connectivity index (χ0n) is 13.3. The lowest BCUT2D eigenvalue weighted by molar-refractivity contribution is -0.142. The van der Waals surface area contributed by atoms with Crippen molar-refractivity contribution in [2.24, 2.45) is 0 Å². The maximum Gasteiger partial charge on any atom is 0.511 e. The molecule has 0 bridgehead atoms. The van der Waals surface area contributed by atoms with Crippen molar-refractivity contribution in [1.29, 1.82) is 0 Å². The van der Waals surface area contributed by atoms with Gasteiger partial charge < -0.3 is 9.47 Å². The van der Waals surface area contributed by atoms with Crippen LogP contribution in [-0.4, -0.2) is 46.1 Å². The zero-order chi connectivity index (χ0) is 19.3. The van der Waals surface area contributed by atoms with Gasteiger partial charge in [0.2, 0.25) is 0 Å². The number of esters is 2. The molecule has 0 unspecified atom stereocenters. The average Bonchev–Trinajstić information content (AvgIpc) is 2.56. The summed E-state index contributed by atoms with van der Waals surface area (Å²) in [6, 6.07) is 4.21. The molecule has 0 aliphatic heterocycles. The summed E-state index contributed by atoms with van der Waals surface area (Å²) in [5, 5.41) is 0. The predicted octanol–water partition coefficient (Wildman–Crippen LogP) is 1.39. The second-order valence-corrected chi connectivity index (χ2v) is 6.58. The molecular weight excluding hydrogens is 367 g/mol. The van der Waals surface area contributed by atoms with E-state index in [1.54, 1.807) is 0 Å². The van der Waals surface area contributed by atoms with Gasteiger partial charge in [-0.1, -0.05) is 12.1 Å². The lowest BCUT2D eigenvalue weighted by atomic mass is 10.0. The van der Waals surface area contributed by atoms with E-state index in [0.717, 1.165) is 7.11 Å².